The Morgan fingerprint density at radius 2 is 1.68 bits per heavy atom. The molecule has 4 rings (SSSR count). The average Bonchev–Trinajstić information content (AvgIpc) is 2.93. The Morgan fingerprint density at radius 1 is 0.929 bits per heavy atom. The first-order valence-corrected chi connectivity index (χ1v) is 10.2. The van der Waals surface area contributed by atoms with Crippen molar-refractivity contribution in [3.05, 3.63) is 53.1 Å². The molecule has 2 aliphatic heterocycles. The van der Waals surface area contributed by atoms with Gasteiger partial charge < -0.3 is 19.5 Å². The molecule has 0 spiro atoms. The third kappa shape index (κ3) is 4.26. The SMILES string of the molecule is Cc1ccc(N2CCN(C[C@@H](O)c3ccc4c(c3)OCCCO4)CC2)c(C)c1. The molecular formula is C23H30N2O3. The molecule has 0 radical (unpaired) electrons. The van der Waals surface area contributed by atoms with E-state index in [0.29, 0.717) is 19.8 Å². The van der Waals surface area contributed by atoms with E-state index in [2.05, 4.69) is 41.8 Å². The van der Waals surface area contributed by atoms with Gasteiger partial charge in [0, 0.05) is 44.8 Å². The molecule has 2 heterocycles. The van der Waals surface area contributed by atoms with Crippen molar-refractivity contribution in [2.24, 2.45) is 0 Å². The Morgan fingerprint density at radius 3 is 2.43 bits per heavy atom. The van der Waals surface area contributed by atoms with E-state index in [9.17, 15) is 5.11 Å². The van der Waals surface area contributed by atoms with Crippen molar-refractivity contribution >= 4 is 5.69 Å². The van der Waals surface area contributed by atoms with Gasteiger partial charge >= 0.3 is 0 Å². The van der Waals surface area contributed by atoms with E-state index in [1.54, 1.807) is 0 Å². The number of ether oxygens (including phenoxy) is 2. The predicted octanol–water partition coefficient (Wildman–Crippen LogP) is 3.32. The molecule has 1 fully saturated rings. The summed E-state index contributed by atoms with van der Waals surface area (Å²) in [4.78, 5) is 4.79. The minimum atomic E-state index is -0.523. The van der Waals surface area contributed by atoms with E-state index in [4.69, 9.17) is 9.47 Å². The molecule has 1 N–H and O–H groups in total. The number of β-amino-alcohol motifs (C(OH)–C–C–N with tert-alkyl or cyclic N) is 1. The summed E-state index contributed by atoms with van der Waals surface area (Å²) in [6.07, 6.45) is 0.363. The van der Waals surface area contributed by atoms with E-state index in [0.717, 1.165) is 49.7 Å². The van der Waals surface area contributed by atoms with Gasteiger partial charge in [-0.3, -0.25) is 4.90 Å². The van der Waals surface area contributed by atoms with Crippen LogP contribution in [0.3, 0.4) is 0 Å². The number of hydrogen-bond acceptors (Lipinski definition) is 5. The summed E-state index contributed by atoms with van der Waals surface area (Å²) in [5, 5.41) is 10.8. The largest absolute Gasteiger partial charge is 0.490 e. The van der Waals surface area contributed by atoms with E-state index >= 15 is 0 Å². The smallest absolute Gasteiger partial charge is 0.161 e. The molecule has 1 atom stereocenters. The van der Waals surface area contributed by atoms with Gasteiger partial charge in [-0.2, -0.15) is 0 Å². The number of aliphatic hydroxyl groups excluding tert-OH is 1. The number of fused-ring (bicyclic) bond motifs is 1. The normalized spacial score (nSPS) is 18.6. The van der Waals surface area contributed by atoms with Gasteiger partial charge in [0.2, 0.25) is 0 Å². The highest BCUT2D eigenvalue weighted by Crippen LogP contribution is 2.32. The number of hydrogen-bond donors (Lipinski definition) is 1. The topological polar surface area (TPSA) is 45.2 Å². The van der Waals surface area contributed by atoms with Crippen LogP contribution in [0.15, 0.2) is 36.4 Å². The summed E-state index contributed by atoms with van der Waals surface area (Å²) < 4.78 is 11.4. The Labute approximate surface area is 167 Å². The molecule has 5 nitrogen and oxygen atoms in total. The highest BCUT2D eigenvalue weighted by atomic mass is 16.5. The Kier molecular flexibility index (Phi) is 5.74. The number of anilines is 1. The van der Waals surface area contributed by atoms with Crippen LogP contribution >= 0.6 is 0 Å². The van der Waals surface area contributed by atoms with Crippen molar-refractivity contribution in [1.82, 2.24) is 4.90 Å². The fraction of sp³-hybridized carbons (Fsp3) is 0.478. The second-order valence-corrected chi connectivity index (χ2v) is 7.85. The fourth-order valence-corrected chi connectivity index (χ4v) is 4.07. The molecule has 0 bridgehead atoms. The molecule has 2 aliphatic rings. The number of benzene rings is 2. The Balaban J connectivity index is 1.35. The second-order valence-electron chi connectivity index (χ2n) is 7.85. The van der Waals surface area contributed by atoms with Crippen molar-refractivity contribution in [3.63, 3.8) is 0 Å². The van der Waals surface area contributed by atoms with Crippen LogP contribution in [0.1, 0.15) is 29.2 Å². The number of rotatable bonds is 4. The lowest BCUT2D eigenvalue weighted by Crippen LogP contribution is -2.47. The van der Waals surface area contributed by atoms with E-state index < -0.39 is 6.10 Å². The van der Waals surface area contributed by atoms with E-state index in [-0.39, 0.29) is 0 Å². The quantitative estimate of drug-likeness (QED) is 0.879. The number of piperazine rings is 1. The third-order valence-corrected chi connectivity index (χ3v) is 5.65. The van der Waals surface area contributed by atoms with Gasteiger partial charge in [-0.15, -0.1) is 0 Å². The standard InChI is InChI=1S/C23H30N2O3/c1-17-4-6-20(18(2)14-17)25-10-8-24(9-11-25)16-21(26)19-5-7-22-23(15-19)28-13-3-12-27-22/h4-7,14-15,21,26H,3,8-13,16H2,1-2H3/t21-/m1/s1. The molecule has 1 saturated heterocycles. The molecule has 0 saturated carbocycles. The van der Waals surface area contributed by atoms with Crippen molar-refractivity contribution in [1.29, 1.82) is 0 Å². The minimum Gasteiger partial charge on any atom is -0.490 e. The van der Waals surface area contributed by atoms with E-state index in [1.165, 1.54) is 16.8 Å². The van der Waals surface area contributed by atoms with Crippen LogP contribution in [0.4, 0.5) is 5.69 Å². The average molecular weight is 383 g/mol. The molecular weight excluding hydrogens is 352 g/mol. The number of nitrogens with zero attached hydrogens (tertiary/aromatic N) is 2. The van der Waals surface area contributed by atoms with Crippen LogP contribution in [0.5, 0.6) is 11.5 Å². The highest BCUT2D eigenvalue weighted by Gasteiger charge is 2.22. The fourth-order valence-electron chi connectivity index (χ4n) is 4.07. The van der Waals surface area contributed by atoms with Crippen LogP contribution in [0, 0.1) is 13.8 Å². The van der Waals surface area contributed by atoms with Gasteiger partial charge in [-0.1, -0.05) is 23.8 Å². The summed E-state index contributed by atoms with van der Waals surface area (Å²) in [5.41, 5.74) is 4.86. The van der Waals surface area contributed by atoms with Gasteiger partial charge in [0.25, 0.3) is 0 Å². The summed E-state index contributed by atoms with van der Waals surface area (Å²) in [7, 11) is 0. The Bertz CT molecular complexity index is 815. The van der Waals surface area contributed by atoms with E-state index in [1.807, 2.05) is 18.2 Å². The minimum absolute atomic E-state index is 0.523. The zero-order valence-electron chi connectivity index (χ0n) is 16.9. The molecule has 2 aromatic rings. The van der Waals surface area contributed by atoms with Crippen LogP contribution in [-0.2, 0) is 0 Å². The second kappa shape index (κ2) is 8.41. The summed E-state index contributed by atoms with van der Waals surface area (Å²) in [5.74, 6) is 1.52. The molecule has 0 unspecified atom stereocenters. The monoisotopic (exact) mass is 382 g/mol. The third-order valence-electron chi connectivity index (χ3n) is 5.65. The van der Waals surface area contributed by atoms with Crippen molar-refractivity contribution in [2.75, 3.05) is 50.8 Å². The van der Waals surface area contributed by atoms with Crippen LogP contribution < -0.4 is 14.4 Å². The van der Waals surface area contributed by atoms with Gasteiger partial charge in [0.1, 0.15) is 0 Å². The number of aryl methyl sites for hydroxylation is 2. The summed E-state index contributed by atoms with van der Waals surface area (Å²) in [6.45, 7) is 10.2. The first-order chi connectivity index (χ1) is 13.6. The molecule has 0 amide bonds. The number of aliphatic hydroxyl groups is 1. The maximum Gasteiger partial charge on any atom is 0.161 e. The molecule has 5 heteroatoms. The van der Waals surface area contributed by atoms with Crippen LogP contribution in [0.2, 0.25) is 0 Å². The highest BCUT2D eigenvalue weighted by molar-refractivity contribution is 5.54. The van der Waals surface area contributed by atoms with Crippen LogP contribution in [0.25, 0.3) is 0 Å². The molecule has 2 aromatic carbocycles. The van der Waals surface area contributed by atoms with Gasteiger partial charge in [0.05, 0.1) is 19.3 Å². The van der Waals surface area contributed by atoms with Gasteiger partial charge in [-0.25, -0.2) is 0 Å². The zero-order chi connectivity index (χ0) is 19.5. The summed E-state index contributed by atoms with van der Waals surface area (Å²) in [6, 6.07) is 12.4. The lowest BCUT2D eigenvalue weighted by atomic mass is 10.1. The maximum atomic E-state index is 10.8. The first-order valence-electron chi connectivity index (χ1n) is 10.2. The zero-order valence-corrected chi connectivity index (χ0v) is 16.9. The Hall–Kier alpha value is -2.24. The molecule has 28 heavy (non-hydrogen) atoms. The molecule has 150 valence electrons. The lowest BCUT2D eigenvalue weighted by Gasteiger charge is -2.37. The van der Waals surface area contributed by atoms with Crippen molar-refractivity contribution < 1.29 is 14.6 Å². The molecule has 0 aliphatic carbocycles. The van der Waals surface area contributed by atoms with Crippen molar-refractivity contribution in [2.45, 2.75) is 26.4 Å². The van der Waals surface area contributed by atoms with Crippen LogP contribution in [-0.4, -0.2) is 55.9 Å². The maximum absolute atomic E-state index is 10.8. The van der Waals surface area contributed by atoms with Gasteiger partial charge in [0.15, 0.2) is 11.5 Å². The lowest BCUT2D eigenvalue weighted by molar-refractivity contribution is 0.109. The summed E-state index contributed by atoms with van der Waals surface area (Å²) >= 11 is 0. The van der Waals surface area contributed by atoms with Crippen molar-refractivity contribution in [3.8, 4) is 11.5 Å². The molecule has 0 aromatic heterocycles. The first kappa shape index (κ1) is 19.1. The van der Waals surface area contributed by atoms with Gasteiger partial charge in [-0.05, 0) is 43.2 Å². The predicted molar refractivity (Wildman–Crippen MR) is 112 cm³/mol.